The second-order valence-corrected chi connectivity index (χ2v) is 3.67. The van der Waals surface area contributed by atoms with Gasteiger partial charge in [-0.15, -0.1) is 0 Å². The fraction of sp³-hybridized carbons (Fsp3) is 0.182. The number of benzene rings is 1. The quantitative estimate of drug-likeness (QED) is 0.558. The molecule has 0 spiro atoms. The summed E-state index contributed by atoms with van der Waals surface area (Å²) in [6.07, 6.45) is -2.94. The highest BCUT2D eigenvalue weighted by Gasteiger charge is 2.32. The van der Waals surface area contributed by atoms with Crippen molar-refractivity contribution in [1.82, 2.24) is 4.57 Å². The molecule has 2 aromatic rings. The Morgan fingerprint density at radius 1 is 1.29 bits per heavy atom. The van der Waals surface area contributed by atoms with E-state index in [4.69, 9.17) is 0 Å². The third kappa shape index (κ3) is 1.79. The first-order valence-electron chi connectivity index (χ1n) is 4.65. The van der Waals surface area contributed by atoms with Crippen LogP contribution < -0.4 is 0 Å². The lowest BCUT2D eigenvalue weighted by molar-refractivity contribution is -0.137. The standard InChI is InChI=1S/C11H7F4NO/c1-16-4-6(5-17)8-2-7(11(13,14)15)3-9(12)10(8)16/h2-5H,1H3. The maximum Gasteiger partial charge on any atom is 0.416 e. The van der Waals surface area contributed by atoms with Gasteiger partial charge in [-0.3, -0.25) is 4.79 Å². The molecular formula is C11H7F4NO. The fourth-order valence-corrected chi connectivity index (χ4v) is 1.78. The molecule has 0 amide bonds. The number of halogens is 4. The minimum atomic E-state index is -4.63. The molecule has 0 aliphatic carbocycles. The molecule has 0 N–H and O–H groups in total. The Hall–Kier alpha value is -1.85. The topological polar surface area (TPSA) is 22.0 Å². The van der Waals surface area contributed by atoms with Crippen molar-refractivity contribution in [2.75, 3.05) is 0 Å². The Morgan fingerprint density at radius 3 is 2.47 bits per heavy atom. The number of aryl methyl sites for hydroxylation is 1. The molecule has 6 heteroatoms. The second kappa shape index (κ2) is 3.58. The number of nitrogens with zero attached hydrogens (tertiary/aromatic N) is 1. The smallest absolute Gasteiger partial charge is 0.347 e. The predicted molar refractivity (Wildman–Crippen MR) is 53.3 cm³/mol. The van der Waals surface area contributed by atoms with Crippen LogP contribution in [0.4, 0.5) is 17.6 Å². The second-order valence-electron chi connectivity index (χ2n) is 3.67. The largest absolute Gasteiger partial charge is 0.416 e. The SMILES string of the molecule is Cn1cc(C=O)c2cc(C(F)(F)F)cc(F)c21. The molecule has 0 radical (unpaired) electrons. The lowest BCUT2D eigenvalue weighted by Crippen LogP contribution is -2.05. The summed E-state index contributed by atoms with van der Waals surface area (Å²) in [5, 5.41) is -0.0326. The molecule has 0 aliphatic heterocycles. The number of carbonyl (C=O) groups excluding carboxylic acids is 1. The summed E-state index contributed by atoms with van der Waals surface area (Å²) in [5.74, 6) is -0.995. The summed E-state index contributed by atoms with van der Waals surface area (Å²) in [6.45, 7) is 0. The Balaban J connectivity index is 2.85. The number of hydrogen-bond acceptors (Lipinski definition) is 1. The summed E-state index contributed by atoms with van der Waals surface area (Å²) in [5.41, 5.74) is -1.08. The van der Waals surface area contributed by atoms with Crippen LogP contribution in [-0.4, -0.2) is 10.9 Å². The van der Waals surface area contributed by atoms with Crippen LogP contribution in [0.25, 0.3) is 10.9 Å². The summed E-state index contributed by atoms with van der Waals surface area (Å²) in [6, 6.07) is 1.21. The first-order chi connectivity index (χ1) is 7.84. The van der Waals surface area contributed by atoms with Crippen molar-refractivity contribution in [3.05, 3.63) is 35.3 Å². The van der Waals surface area contributed by atoms with E-state index in [2.05, 4.69) is 0 Å². The van der Waals surface area contributed by atoms with Crippen LogP contribution in [-0.2, 0) is 13.2 Å². The maximum atomic E-state index is 13.6. The molecule has 90 valence electrons. The zero-order valence-corrected chi connectivity index (χ0v) is 8.68. The molecule has 1 heterocycles. The Bertz CT molecular complexity index is 598. The van der Waals surface area contributed by atoms with Crippen molar-refractivity contribution in [2.24, 2.45) is 7.05 Å². The van der Waals surface area contributed by atoms with Gasteiger partial charge in [-0.2, -0.15) is 13.2 Å². The van der Waals surface area contributed by atoms with Crippen molar-refractivity contribution in [3.8, 4) is 0 Å². The van der Waals surface area contributed by atoms with E-state index in [9.17, 15) is 22.4 Å². The first kappa shape index (κ1) is 11.6. The van der Waals surface area contributed by atoms with Crippen LogP contribution >= 0.6 is 0 Å². The normalized spacial score (nSPS) is 12.1. The monoisotopic (exact) mass is 245 g/mol. The summed E-state index contributed by atoms with van der Waals surface area (Å²) in [4.78, 5) is 10.7. The molecule has 1 aromatic carbocycles. The molecule has 0 saturated carbocycles. The van der Waals surface area contributed by atoms with Gasteiger partial charge < -0.3 is 4.57 Å². The zero-order valence-electron chi connectivity index (χ0n) is 8.68. The molecule has 17 heavy (non-hydrogen) atoms. The van der Waals surface area contributed by atoms with Crippen molar-refractivity contribution >= 4 is 17.2 Å². The predicted octanol–water partition coefficient (Wildman–Crippen LogP) is 3.15. The summed E-state index contributed by atoms with van der Waals surface area (Å²) in [7, 11) is 1.46. The minimum absolute atomic E-state index is 0.0138. The van der Waals surface area contributed by atoms with E-state index in [0.29, 0.717) is 12.4 Å². The Morgan fingerprint density at radius 2 is 1.94 bits per heavy atom. The third-order valence-corrected chi connectivity index (χ3v) is 2.51. The van der Waals surface area contributed by atoms with E-state index in [1.165, 1.54) is 17.8 Å². The third-order valence-electron chi connectivity index (χ3n) is 2.51. The zero-order chi connectivity index (χ0) is 12.8. The summed E-state index contributed by atoms with van der Waals surface area (Å²) >= 11 is 0. The lowest BCUT2D eigenvalue weighted by Gasteiger charge is -2.07. The van der Waals surface area contributed by atoms with E-state index in [1.807, 2.05) is 0 Å². The molecule has 2 rings (SSSR count). The molecule has 0 atom stereocenters. The van der Waals surface area contributed by atoms with E-state index in [0.717, 1.165) is 6.07 Å². The maximum absolute atomic E-state index is 13.6. The lowest BCUT2D eigenvalue weighted by atomic mass is 10.1. The van der Waals surface area contributed by atoms with Gasteiger partial charge in [0.05, 0.1) is 11.1 Å². The number of aldehydes is 1. The van der Waals surface area contributed by atoms with Gasteiger partial charge in [0, 0.05) is 24.2 Å². The van der Waals surface area contributed by atoms with Gasteiger partial charge in [-0.1, -0.05) is 0 Å². The van der Waals surface area contributed by atoms with E-state index in [-0.39, 0.29) is 16.5 Å². The molecule has 0 fully saturated rings. The van der Waals surface area contributed by atoms with Crippen LogP contribution in [0.5, 0.6) is 0 Å². The average Bonchev–Trinajstić information content (AvgIpc) is 2.54. The average molecular weight is 245 g/mol. The van der Waals surface area contributed by atoms with E-state index < -0.39 is 17.6 Å². The van der Waals surface area contributed by atoms with Crippen LogP contribution in [0.2, 0.25) is 0 Å². The van der Waals surface area contributed by atoms with Gasteiger partial charge in [0.25, 0.3) is 0 Å². The van der Waals surface area contributed by atoms with Gasteiger partial charge in [0.15, 0.2) is 6.29 Å². The molecule has 1 aromatic heterocycles. The molecular weight excluding hydrogens is 238 g/mol. The molecule has 0 aliphatic rings. The number of aromatic nitrogens is 1. The highest BCUT2D eigenvalue weighted by molar-refractivity contribution is 5.98. The fourth-order valence-electron chi connectivity index (χ4n) is 1.78. The first-order valence-corrected chi connectivity index (χ1v) is 4.65. The van der Waals surface area contributed by atoms with Crippen LogP contribution in [0.15, 0.2) is 18.3 Å². The Labute approximate surface area is 93.5 Å². The van der Waals surface area contributed by atoms with Crippen LogP contribution in [0, 0.1) is 5.82 Å². The highest BCUT2D eigenvalue weighted by Crippen LogP contribution is 2.34. The van der Waals surface area contributed by atoms with Gasteiger partial charge in [0.1, 0.15) is 5.82 Å². The number of fused-ring (bicyclic) bond motifs is 1. The van der Waals surface area contributed by atoms with Crippen LogP contribution in [0.1, 0.15) is 15.9 Å². The summed E-state index contributed by atoms with van der Waals surface area (Å²) < 4.78 is 52.3. The number of hydrogen-bond donors (Lipinski definition) is 0. The van der Waals surface area contributed by atoms with Crippen LogP contribution in [0.3, 0.4) is 0 Å². The number of alkyl halides is 3. The van der Waals surface area contributed by atoms with Gasteiger partial charge in [-0.25, -0.2) is 4.39 Å². The number of rotatable bonds is 1. The molecule has 2 nitrogen and oxygen atoms in total. The minimum Gasteiger partial charge on any atom is -0.347 e. The van der Waals surface area contributed by atoms with Crippen molar-refractivity contribution < 1.29 is 22.4 Å². The molecule has 0 unspecified atom stereocenters. The number of carbonyl (C=O) groups is 1. The van der Waals surface area contributed by atoms with Crippen molar-refractivity contribution in [2.45, 2.75) is 6.18 Å². The van der Waals surface area contributed by atoms with E-state index >= 15 is 0 Å². The van der Waals surface area contributed by atoms with Gasteiger partial charge in [0.2, 0.25) is 0 Å². The van der Waals surface area contributed by atoms with E-state index in [1.54, 1.807) is 0 Å². The molecule has 0 bridgehead atoms. The van der Waals surface area contributed by atoms with Crippen molar-refractivity contribution in [3.63, 3.8) is 0 Å². The Kier molecular flexibility index (Phi) is 2.45. The van der Waals surface area contributed by atoms with Gasteiger partial charge >= 0.3 is 6.18 Å². The highest BCUT2D eigenvalue weighted by atomic mass is 19.4. The van der Waals surface area contributed by atoms with Crippen molar-refractivity contribution in [1.29, 1.82) is 0 Å². The molecule has 0 saturated heterocycles. The van der Waals surface area contributed by atoms with Gasteiger partial charge in [-0.05, 0) is 12.1 Å².